The fraction of sp³-hybridized carbons (Fsp3) is 0.222. The van der Waals surface area contributed by atoms with E-state index in [0.29, 0.717) is 0 Å². The van der Waals surface area contributed by atoms with E-state index < -0.39 is 15.9 Å². The zero-order valence-electron chi connectivity index (χ0n) is 8.83. The molecule has 94 valence electrons. The number of hydrazine groups is 1. The normalized spacial score (nSPS) is 11.2. The molecule has 0 spiro atoms. The Morgan fingerprint density at radius 2 is 1.94 bits per heavy atom. The minimum Gasteiger partial charge on any atom is -0.278 e. The fourth-order valence-electron chi connectivity index (χ4n) is 0.915. The number of amides is 1. The van der Waals surface area contributed by atoms with Gasteiger partial charge in [0.1, 0.15) is 0 Å². The first-order valence-corrected chi connectivity index (χ1v) is 6.86. The smallest absolute Gasteiger partial charge is 0.257 e. The van der Waals surface area contributed by atoms with E-state index in [2.05, 4.69) is 5.43 Å². The Balaban J connectivity index is 2.90. The Morgan fingerprint density at radius 1 is 1.29 bits per heavy atom. The zero-order chi connectivity index (χ0) is 13.1. The Bertz CT molecular complexity index is 531. The summed E-state index contributed by atoms with van der Waals surface area (Å²) in [5.41, 5.74) is 2.05. The minimum atomic E-state index is -3.83. The second kappa shape index (κ2) is 5.68. The second-order valence-corrected chi connectivity index (χ2v) is 5.58. The van der Waals surface area contributed by atoms with Crippen LogP contribution in [0.2, 0.25) is 10.0 Å². The highest BCUT2D eigenvalue weighted by molar-refractivity contribution is 7.89. The van der Waals surface area contributed by atoms with E-state index in [0.717, 1.165) is 0 Å². The first-order valence-electron chi connectivity index (χ1n) is 4.62. The topological polar surface area (TPSA) is 75.3 Å². The first-order chi connectivity index (χ1) is 7.86. The van der Waals surface area contributed by atoms with Crippen molar-refractivity contribution in [3.8, 4) is 0 Å². The molecule has 0 radical (unpaired) electrons. The highest BCUT2D eigenvalue weighted by atomic mass is 35.5. The van der Waals surface area contributed by atoms with E-state index in [1.807, 2.05) is 4.83 Å². The zero-order valence-corrected chi connectivity index (χ0v) is 11.2. The Labute approximate surface area is 109 Å². The van der Waals surface area contributed by atoms with Gasteiger partial charge in [0.2, 0.25) is 5.91 Å². The summed E-state index contributed by atoms with van der Waals surface area (Å²) in [5, 5.41) is 0.375. The maximum absolute atomic E-state index is 11.7. The lowest BCUT2D eigenvalue weighted by molar-refractivity contribution is -0.121. The summed E-state index contributed by atoms with van der Waals surface area (Å²) in [4.78, 5) is 12.8. The second-order valence-electron chi connectivity index (χ2n) is 3.08. The molecule has 0 bridgehead atoms. The van der Waals surface area contributed by atoms with E-state index in [-0.39, 0.29) is 21.4 Å². The molecule has 2 N–H and O–H groups in total. The van der Waals surface area contributed by atoms with E-state index in [9.17, 15) is 13.2 Å². The Hall–Kier alpha value is -0.820. The van der Waals surface area contributed by atoms with Gasteiger partial charge in [0.15, 0.2) is 0 Å². The molecule has 1 rings (SSSR count). The SMILES string of the molecule is CCC(=O)NNS(=O)(=O)c1ccc(Cl)c(Cl)c1. The third kappa shape index (κ3) is 3.85. The largest absolute Gasteiger partial charge is 0.278 e. The number of sulfonamides is 1. The molecular formula is C9H10Cl2N2O3S. The van der Waals surface area contributed by atoms with E-state index in [4.69, 9.17) is 23.2 Å². The van der Waals surface area contributed by atoms with Gasteiger partial charge in [0.05, 0.1) is 14.9 Å². The van der Waals surface area contributed by atoms with Crippen molar-refractivity contribution in [3.05, 3.63) is 28.2 Å². The van der Waals surface area contributed by atoms with Crippen LogP contribution in [0.5, 0.6) is 0 Å². The van der Waals surface area contributed by atoms with Crippen LogP contribution in [-0.2, 0) is 14.8 Å². The molecule has 0 saturated carbocycles. The van der Waals surface area contributed by atoms with E-state index in [1.54, 1.807) is 6.92 Å². The molecule has 0 saturated heterocycles. The van der Waals surface area contributed by atoms with Crippen LogP contribution in [-0.4, -0.2) is 14.3 Å². The number of carbonyl (C=O) groups is 1. The van der Waals surface area contributed by atoms with Crippen molar-refractivity contribution in [2.75, 3.05) is 0 Å². The third-order valence-electron chi connectivity index (χ3n) is 1.85. The monoisotopic (exact) mass is 296 g/mol. The Kier molecular flexibility index (Phi) is 4.76. The van der Waals surface area contributed by atoms with Gasteiger partial charge in [-0.1, -0.05) is 30.1 Å². The number of benzene rings is 1. The average Bonchev–Trinajstić information content (AvgIpc) is 2.29. The molecule has 0 unspecified atom stereocenters. The fourth-order valence-corrected chi connectivity index (χ4v) is 2.16. The molecule has 1 aromatic carbocycles. The standard InChI is InChI=1S/C9H10Cl2N2O3S/c1-2-9(14)12-13-17(15,16)6-3-4-7(10)8(11)5-6/h3-5,13H,2H2,1H3,(H,12,14). The summed E-state index contributed by atoms with van der Waals surface area (Å²) in [7, 11) is -3.83. The molecule has 8 heteroatoms. The molecule has 0 heterocycles. The van der Waals surface area contributed by atoms with Gasteiger partial charge in [-0.3, -0.25) is 10.2 Å². The van der Waals surface area contributed by atoms with Gasteiger partial charge >= 0.3 is 0 Å². The first kappa shape index (κ1) is 14.2. The van der Waals surface area contributed by atoms with Crippen molar-refractivity contribution in [1.29, 1.82) is 0 Å². The summed E-state index contributed by atoms with van der Waals surface area (Å²) in [6.45, 7) is 1.60. The van der Waals surface area contributed by atoms with Crippen molar-refractivity contribution in [2.24, 2.45) is 0 Å². The molecule has 0 aliphatic heterocycles. The quantitative estimate of drug-likeness (QED) is 0.831. The van der Waals surface area contributed by atoms with Crippen LogP contribution in [0.3, 0.4) is 0 Å². The third-order valence-corrected chi connectivity index (χ3v) is 3.83. The summed E-state index contributed by atoms with van der Waals surface area (Å²) in [6, 6.07) is 3.85. The molecular weight excluding hydrogens is 287 g/mol. The van der Waals surface area contributed by atoms with Crippen molar-refractivity contribution in [3.63, 3.8) is 0 Å². The van der Waals surface area contributed by atoms with Crippen molar-refractivity contribution < 1.29 is 13.2 Å². The molecule has 1 aromatic rings. The molecule has 0 atom stereocenters. The molecule has 0 aliphatic rings. The van der Waals surface area contributed by atoms with Gasteiger partial charge in [-0.15, -0.1) is 4.83 Å². The van der Waals surface area contributed by atoms with Gasteiger partial charge < -0.3 is 0 Å². The van der Waals surface area contributed by atoms with Gasteiger partial charge in [-0.25, -0.2) is 8.42 Å². The number of rotatable bonds is 4. The molecule has 5 nitrogen and oxygen atoms in total. The van der Waals surface area contributed by atoms with Crippen LogP contribution in [0.4, 0.5) is 0 Å². The molecule has 0 aromatic heterocycles. The van der Waals surface area contributed by atoms with Crippen LogP contribution in [0.1, 0.15) is 13.3 Å². The molecule has 0 fully saturated rings. The lowest BCUT2D eigenvalue weighted by Gasteiger charge is -2.08. The van der Waals surface area contributed by atoms with Crippen LogP contribution < -0.4 is 10.3 Å². The van der Waals surface area contributed by atoms with Crippen LogP contribution in [0.25, 0.3) is 0 Å². The molecule has 1 amide bonds. The maximum atomic E-state index is 11.7. The molecule has 0 aliphatic carbocycles. The van der Waals surface area contributed by atoms with Gasteiger partial charge in [0.25, 0.3) is 10.0 Å². The van der Waals surface area contributed by atoms with E-state index >= 15 is 0 Å². The van der Waals surface area contributed by atoms with Gasteiger partial charge in [0, 0.05) is 6.42 Å². The number of hydrogen-bond donors (Lipinski definition) is 2. The highest BCUT2D eigenvalue weighted by Crippen LogP contribution is 2.24. The minimum absolute atomic E-state index is 0.0803. The summed E-state index contributed by atoms with van der Waals surface area (Å²) in [6.07, 6.45) is 0.171. The number of hydrogen-bond acceptors (Lipinski definition) is 3. The number of carbonyl (C=O) groups excluding carboxylic acids is 1. The van der Waals surface area contributed by atoms with Crippen LogP contribution in [0, 0.1) is 0 Å². The van der Waals surface area contributed by atoms with Gasteiger partial charge in [-0.05, 0) is 18.2 Å². The predicted octanol–water partition coefficient (Wildman–Crippen LogP) is 1.71. The molecule has 17 heavy (non-hydrogen) atoms. The van der Waals surface area contributed by atoms with Crippen LogP contribution >= 0.6 is 23.2 Å². The summed E-state index contributed by atoms with van der Waals surface area (Å²) >= 11 is 11.4. The number of nitrogens with one attached hydrogen (secondary N) is 2. The lowest BCUT2D eigenvalue weighted by Crippen LogP contribution is -2.41. The predicted molar refractivity (Wildman–Crippen MR) is 65.2 cm³/mol. The van der Waals surface area contributed by atoms with Crippen molar-refractivity contribution in [2.45, 2.75) is 18.2 Å². The maximum Gasteiger partial charge on any atom is 0.257 e. The number of halogens is 2. The average molecular weight is 297 g/mol. The van der Waals surface area contributed by atoms with Crippen molar-refractivity contribution in [1.82, 2.24) is 10.3 Å². The Morgan fingerprint density at radius 3 is 2.47 bits per heavy atom. The summed E-state index contributed by atoms with van der Waals surface area (Å²) in [5.74, 6) is -0.436. The van der Waals surface area contributed by atoms with Gasteiger partial charge in [-0.2, -0.15) is 0 Å². The van der Waals surface area contributed by atoms with E-state index in [1.165, 1.54) is 18.2 Å². The lowest BCUT2D eigenvalue weighted by atomic mass is 10.4. The summed E-state index contributed by atoms with van der Waals surface area (Å²) < 4.78 is 23.4. The van der Waals surface area contributed by atoms with Crippen molar-refractivity contribution >= 4 is 39.1 Å². The highest BCUT2D eigenvalue weighted by Gasteiger charge is 2.15. The van der Waals surface area contributed by atoms with Crippen LogP contribution in [0.15, 0.2) is 23.1 Å².